The Labute approximate surface area is 208 Å². The molecule has 0 saturated heterocycles. The number of aromatic amines is 1. The van der Waals surface area contributed by atoms with Gasteiger partial charge in [-0.15, -0.1) is 21.5 Å². The van der Waals surface area contributed by atoms with E-state index >= 15 is 0 Å². The molecule has 0 bridgehead atoms. The molecular weight excluding hydrogens is 497 g/mol. The van der Waals surface area contributed by atoms with E-state index in [1.807, 2.05) is 11.0 Å². The molecule has 1 N–H and O–H groups in total. The fraction of sp³-hybridized carbons (Fsp3) is 0.500. The number of nitrogens with one attached hydrogen (secondary N) is 1. The maximum Gasteiger partial charge on any atom is 0.451 e. The maximum absolute atomic E-state index is 13.3. The lowest BCUT2D eigenvalue weighted by atomic mass is 10.2. The predicted molar refractivity (Wildman–Crippen MR) is 127 cm³/mol. The number of thiophene rings is 1. The van der Waals surface area contributed by atoms with Gasteiger partial charge in [0.05, 0.1) is 11.9 Å². The standard InChI is InChI=1S/C22H25F3N8O2S/c1-4-5-13-10-14-19(32-6-7-33-16(11-32)30-31-21(33)22(23,24)25)26-18(27-20(14)36-13)15-8-12(28-29-15)9-17(34-2)35-3/h8,10,17H,4-7,9,11H2,1-3H3,(H,28,29). The van der Waals surface area contributed by atoms with E-state index in [-0.39, 0.29) is 18.9 Å². The Morgan fingerprint density at radius 1 is 1.14 bits per heavy atom. The smallest absolute Gasteiger partial charge is 0.356 e. The number of alkyl halides is 3. The van der Waals surface area contributed by atoms with Gasteiger partial charge in [-0.05, 0) is 18.6 Å². The zero-order chi connectivity index (χ0) is 25.4. The van der Waals surface area contributed by atoms with Crippen molar-refractivity contribution in [3.63, 3.8) is 0 Å². The van der Waals surface area contributed by atoms with Crippen molar-refractivity contribution >= 4 is 27.4 Å². The predicted octanol–water partition coefficient (Wildman–Crippen LogP) is 3.83. The number of nitrogens with zero attached hydrogens (tertiary/aromatic N) is 7. The van der Waals surface area contributed by atoms with E-state index in [0.717, 1.165) is 33.3 Å². The first-order valence-corrected chi connectivity index (χ1v) is 12.3. The third-order valence-corrected chi connectivity index (χ3v) is 7.09. The van der Waals surface area contributed by atoms with Crippen molar-refractivity contribution < 1.29 is 22.6 Å². The van der Waals surface area contributed by atoms with Crippen LogP contribution in [0, 0.1) is 0 Å². The van der Waals surface area contributed by atoms with Crippen LogP contribution in [0.2, 0.25) is 0 Å². The largest absolute Gasteiger partial charge is 0.451 e. The number of fused-ring (bicyclic) bond motifs is 2. The molecular formula is C22H25F3N8O2S. The number of H-pyrrole nitrogens is 1. The highest BCUT2D eigenvalue weighted by molar-refractivity contribution is 7.18. The van der Waals surface area contributed by atoms with Crippen LogP contribution in [0.1, 0.15) is 35.6 Å². The molecule has 4 aromatic rings. The SMILES string of the molecule is CCCc1cc2c(N3CCn4c(nnc4C(F)(F)F)C3)nc(-c3cc(CC(OC)OC)[nH]n3)nc2s1. The van der Waals surface area contributed by atoms with E-state index in [9.17, 15) is 13.2 Å². The van der Waals surface area contributed by atoms with Crippen LogP contribution in [0.5, 0.6) is 0 Å². The number of hydrogen-bond acceptors (Lipinski definition) is 9. The van der Waals surface area contributed by atoms with Gasteiger partial charge in [0.2, 0.25) is 5.82 Å². The fourth-order valence-corrected chi connectivity index (χ4v) is 5.38. The summed E-state index contributed by atoms with van der Waals surface area (Å²) in [5, 5.41) is 15.4. The summed E-state index contributed by atoms with van der Waals surface area (Å²) < 4.78 is 51.6. The van der Waals surface area contributed by atoms with Crippen molar-refractivity contribution in [2.75, 3.05) is 25.7 Å². The average Bonchev–Trinajstić information content (AvgIpc) is 3.58. The number of halogens is 3. The van der Waals surface area contributed by atoms with E-state index in [2.05, 4.69) is 33.4 Å². The molecule has 0 unspecified atom stereocenters. The van der Waals surface area contributed by atoms with Crippen LogP contribution in [0.25, 0.3) is 21.7 Å². The van der Waals surface area contributed by atoms with Crippen LogP contribution in [0.3, 0.4) is 0 Å². The van der Waals surface area contributed by atoms with Gasteiger partial charge in [-0.1, -0.05) is 13.3 Å². The first kappa shape index (κ1) is 24.6. The summed E-state index contributed by atoms with van der Waals surface area (Å²) in [4.78, 5) is 13.5. The molecule has 0 atom stereocenters. The zero-order valence-corrected chi connectivity index (χ0v) is 20.8. The number of aryl methyl sites for hydroxylation is 1. The molecule has 4 aromatic heterocycles. The Morgan fingerprint density at radius 2 is 1.94 bits per heavy atom. The summed E-state index contributed by atoms with van der Waals surface area (Å²) in [7, 11) is 3.13. The molecule has 0 spiro atoms. The van der Waals surface area contributed by atoms with Gasteiger partial charge in [0.1, 0.15) is 16.3 Å². The van der Waals surface area contributed by atoms with Crippen LogP contribution in [-0.4, -0.2) is 62.0 Å². The third kappa shape index (κ3) is 4.67. The summed E-state index contributed by atoms with van der Waals surface area (Å²) in [5.74, 6) is 0.353. The van der Waals surface area contributed by atoms with Crippen LogP contribution in [0.4, 0.5) is 19.0 Å². The quantitative estimate of drug-likeness (QED) is 0.348. The number of anilines is 1. The molecule has 1 aliphatic rings. The molecule has 10 nitrogen and oxygen atoms in total. The van der Waals surface area contributed by atoms with Crippen molar-refractivity contribution in [3.05, 3.63) is 34.4 Å². The number of ether oxygens (including phenoxy) is 2. The molecule has 14 heteroatoms. The molecule has 0 saturated carbocycles. The number of methoxy groups -OCH3 is 2. The summed E-state index contributed by atoms with van der Waals surface area (Å²) in [6.45, 7) is 2.69. The normalized spacial score (nSPS) is 14.2. The van der Waals surface area contributed by atoms with Gasteiger partial charge in [0.25, 0.3) is 0 Å². The van der Waals surface area contributed by atoms with Gasteiger partial charge in [-0.3, -0.25) is 5.10 Å². The van der Waals surface area contributed by atoms with Crippen LogP contribution in [0.15, 0.2) is 12.1 Å². The molecule has 5 heterocycles. The number of aromatic nitrogens is 7. The lowest BCUT2D eigenvalue weighted by molar-refractivity contribution is -0.147. The minimum absolute atomic E-state index is 0.103. The lowest BCUT2D eigenvalue weighted by Crippen LogP contribution is -2.36. The number of hydrogen-bond donors (Lipinski definition) is 1. The first-order valence-electron chi connectivity index (χ1n) is 11.5. The molecule has 0 aliphatic carbocycles. The maximum atomic E-state index is 13.3. The molecule has 5 rings (SSSR count). The summed E-state index contributed by atoms with van der Waals surface area (Å²) in [6, 6.07) is 3.92. The van der Waals surface area contributed by atoms with Gasteiger partial charge in [0.15, 0.2) is 17.9 Å². The van der Waals surface area contributed by atoms with E-state index in [1.165, 1.54) is 4.88 Å². The van der Waals surface area contributed by atoms with Crippen molar-refractivity contribution in [1.82, 2.24) is 34.9 Å². The molecule has 192 valence electrons. The van der Waals surface area contributed by atoms with Crippen molar-refractivity contribution in [3.8, 4) is 11.5 Å². The molecule has 0 aromatic carbocycles. The highest BCUT2D eigenvalue weighted by Gasteiger charge is 2.39. The average molecular weight is 523 g/mol. The Hall–Kier alpha value is -3.10. The van der Waals surface area contributed by atoms with Crippen molar-refractivity contribution in [2.45, 2.75) is 51.7 Å². The Bertz CT molecular complexity index is 1360. The van der Waals surface area contributed by atoms with Gasteiger partial charge in [-0.25, -0.2) is 9.97 Å². The van der Waals surface area contributed by atoms with E-state index in [1.54, 1.807) is 25.6 Å². The molecule has 0 radical (unpaired) electrons. The second-order valence-electron chi connectivity index (χ2n) is 8.45. The molecule has 36 heavy (non-hydrogen) atoms. The van der Waals surface area contributed by atoms with Gasteiger partial charge in [-0.2, -0.15) is 18.3 Å². The minimum atomic E-state index is -4.55. The summed E-state index contributed by atoms with van der Waals surface area (Å²) in [6.07, 6.45) is -2.61. The van der Waals surface area contributed by atoms with E-state index in [4.69, 9.17) is 19.4 Å². The zero-order valence-electron chi connectivity index (χ0n) is 20.0. The van der Waals surface area contributed by atoms with E-state index in [0.29, 0.717) is 30.3 Å². The first-order chi connectivity index (χ1) is 17.3. The molecule has 0 fully saturated rings. The topological polar surface area (TPSA) is 107 Å². The van der Waals surface area contributed by atoms with Gasteiger partial charge < -0.3 is 18.9 Å². The minimum Gasteiger partial charge on any atom is -0.356 e. The second-order valence-corrected chi connectivity index (χ2v) is 9.56. The molecule has 0 amide bonds. The highest BCUT2D eigenvalue weighted by atomic mass is 32.1. The van der Waals surface area contributed by atoms with Crippen molar-refractivity contribution in [1.29, 1.82) is 0 Å². The monoisotopic (exact) mass is 522 g/mol. The summed E-state index contributed by atoms with van der Waals surface area (Å²) >= 11 is 1.59. The lowest BCUT2D eigenvalue weighted by Gasteiger charge is -2.29. The van der Waals surface area contributed by atoms with E-state index < -0.39 is 18.3 Å². The Kier molecular flexibility index (Phi) is 6.66. The second kappa shape index (κ2) is 9.75. The summed E-state index contributed by atoms with van der Waals surface area (Å²) in [5.41, 5.74) is 1.36. The number of rotatable bonds is 8. The van der Waals surface area contributed by atoms with Crippen LogP contribution < -0.4 is 4.90 Å². The van der Waals surface area contributed by atoms with Crippen LogP contribution in [-0.2, 0) is 41.6 Å². The van der Waals surface area contributed by atoms with Gasteiger partial charge in [0, 0.05) is 44.3 Å². The fourth-order valence-electron chi connectivity index (χ4n) is 4.25. The Balaban J connectivity index is 1.52. The molecule has 1 aliphatic heterocycles. The van der Waals surface area contributed by atoms with Crippen molar-refractivity contribution in [2.24, 2.45) is 0 Å². The third-order valence-electron chi connectivity index (χ3n) is 6.00. The van der Waals surface area contributed by atoms with Gasteiger partial charge >= 0.3 is 6.18 Å². The Morgan fingerprint density at radius 3 is 2.67 bits per heavy atom. The van der Waals surface area contributed by atoms with Crippen LogP contribution >= 0.6 is 11.3 Å². The highest BCUT2D eigenvalue weighted by Crippen LogP contribution is 2.36.